The molecule has 0 bridgehead atoms. The van der Waals surface area contributed by atoms with Gasteiger partial charge in [-0.3, -0.25) is 4.90 Å². The van der Waals surface area contributed by atoms with Gasteiger partial charge < -0.3 is 10.4 Å². The smallest absolute Gasteiger partial charge is 0.339 e. The Bertz CT molecular complexity index is 513. The fourth-order valence-electron chi connectivity index (χ4n) is 2.73. The van der Waals surface area contributed by atoms with E-state index in [0.29, 0.717) is 29.7 Å². The minimum atomic E-state index is -0.960. The topological polar surface area (TPSA) is 78.4 Å². The lowest BCUT2D eigenvalue weighted by atomic mass is 10.1. The summed E-state index contributed by atoms with van der Waals surface area (Å²) < 4.78 is 0. The van der Waals surface area contributed by atoms with E-state index < -0.39 is 5.97 Å². The predicted molar refractivity (Wildman–Crippen MR) is 81.8 cm³/mol. The summed E-state index contributed by atoms with van der Waals surface area (Å²) in [5.74, 6) is -0.590. The Labute approximate surface area is 125 Å². The fourth-order valence-corrected chi connectivity index (χ4v) is 2.73. The van der Waals surface area contributed by atoms with Crippen LogP contribution in [0.2, 0.25) is 0 Å². The maximum atomic E-state index is 11.4. The monoisotopic (exact) mass is 292 g/mol. The Kier molecular flexibility index (Phi) is 5.12. The van der Waals surface area contributed by atoms with Crippen LogP contribution in [0.5, 0.6) is 0 Å². The van der Waals surface area contributed by atoms with Crippen molar-refractivity contribution in [2.75, 3.05) is 25.0 Å². The molecule has 1 saturated heterocycles. The van der Waals surface area contributed by atoms with Crippen molar-refractivity contribution in [1.82, 2.24) is 15.1 Å². The Morgan fingerprint density at radius 2 is 1.95 bits per heavy atom. The Morgan fingerprint density at radius 3 is 2.57 bits per heavy atom. The van der Waals surface area contributed by atoms with Gasteiger partial charge >= 0.3 is 5.97 Å². The first-order chi connectivity index (χ1) is 10.0. The number of hydrogen-bond acceptors (Lipinski definition) is 5. The van der Waals surface area contributed by atoms with Gasteiger partial charge in [0.1, 0.15) is 5.56 Å². The molecule has 1 aromatic heterocycles. The molecule has 1 aliphatic rings. The van der Waals surface area contributed by atoms with Gasteiger partial charge in [-0.1, -0.05) is 6.42 Å². The molecule has 2 N–H and O–H groups in total. The first-order valence-electron chi connectivity index (χ1n) is 7.55. The van der Waals surface area contributed by atoms with E-state index in [-0.39, 0.29) is 5.56 Å². The molecule has 0 aromatic carbocycles. The number of rotatable bonds is 5. The maximum absolute atomic E-state index is 11.4. The number of carbonyl (C=O) groups is 1. The zero-order valence-electron chi connectivity index (χ0n) is 13.0. The van der Waals surface area contributed by atoms with Gasteiger partial charge in [-0.2, -0.15) is 5.10 Å². The first-order valence-corrected chi connectivity index (χ1v) is 7.55. The first kappa shape index (κ1) is 15.7. The van der Waals surface area contributed by atoms with Crippen LogP contribution in [0.1, 0.15) is 47.8 Å². The zero-order valence-corrected chi connectivity index (χ0v) is 13.0. The van der Waals surface area contributed by atoms with E-state index in [2.05, 4.69) is 27.3 Å². The van der Waals surface area contributed by atoms with E-state index >= 15 is 0 Å². The molecule has 2 heterocycles. The molecule has 6 nitrogen and oxygen atoms in total. The third-order valence-electron chi connectivity index (χ3n) is 4.25. The van der Waals surface area contributed by atoms with Gasteiger partial charge in [0, 0.05) is 12.6 Å². The van der Waals surface area contributed by atoms with Gasteiger partial charge in [-0.25, -0.2) is 4.79 Å². The van der Waals surface area contributed by atoms with Crippen molar-refractivity contribution < 1.29 is 9.90 Å². The van der Waals surface area contributed by atoms with Crippen LogP contribution in [0.3, 0.4) is 0 Å². The molecule has 1 unspecified atom stereocenters. The molecule has 1 aromatic rings. The highest BCUT2D eigenvalue weighted by molar-refractivity contribution is 5.94. The minimum Gasteiger partial charge on any atom is -0.478 e. The SMILES string of the molecule is Cc1nnc(NCC(C)N2CCCCC2)c(C(=O)O)c1C. The molecular weight excluding hydrogens is 268 g/mol. The van der Waals surface area contributed by atoms with Crippen LogP contribution in [0.25, 0.3) is 0 Å². The zero-order chi connectivity index (χ0) is 15.4. The second-order valence-corrected chi connectivity index (χ2v) is 5.77. The molecule has 2 rings (SSSR count). The molecule has 1 fully saturated rings. The van der Waals surface area contributed by atoms with E-state index in [1.807, 2.05) is 0 Å². The van der Waals surface area contributed by atoms with Crippen LogP contribution in [0, 0.1) is 13.8 Å². The molecule has 0 amide bonds. The molecule has 0 saturated carbocycles. The standard InChI is InChI=1S/C15H24N4O2/c1-10(19-7-5-4-6-8-19)9-16-14-13(15(20)21)11(2)12(3)17-18-14/h10H,4-9H2,1-3H3,(H,16,18)(H,20,21). The summed E-state index contributed by atoms with van der Waals surface area (Å²) in [7, 11) is 0. The minimum absolute atomic E-state index is 0.230. The number of nitrogens with one attached hydrogen (secondary N) is 1. The van der Waals surface area contributed by atoms with Gasteiger partial charge in [-0.05, 0) is 52.3 Å². The van der Waals surface area contributed by atoms with E-state index in [0.717, 1.165) is 13.1 Å². The summed E-state index contributed by atoms with van der Waals surface area (Å²) in [6.07, 6.45) is 3.80. The summed E-state index contributed by atoms with van der Waals surface area (Å²) in [6.45, 7) is 8.62. The highest BCUT2D eigenvalue weighted by atomic mass is 16.4. The Hall–Kier alpha value is -1.69. The third kappa shape index (κ3) is 3.69. The molecular formula is C15H24N4O2. The van der Waals surface area contributed by atoms with Crippen LogP contribution in [-0.4, -0.2) is 51.8 Å². The predicted octanol–water partition coefficient (Wildman–Crippen LogP) is 2.08. The van der Waals surface area contributed by atoms with Gasteiger partial charge in [0.2, 0.25) is 0 Å². The number of carboxylic acids is 1. The van der Waals surface area contributed by atoms with E-state index in [9.17, 15) is 9.90 Å². The van der Waals surface area contributed by atoms with Crippen molar-refractivity contribution in [1.29, 1.82) is 0 Å². The summed E-state index contributed by atoms with van der Waals surface area (Å²) >= 11 is 0. The number of hydrogen-bond donors (Lipinski definition) is 2. The highest BCUT2D eigenvalue weighted by Gasteiger charge is 2.20. The highest BCUT2D eigenvalue weighted by Crippen LogP contribution is 2.19. The van der Waals surface area contributed by atoms with Crippen molar-refractivity contribution in [3.63, 3.8) is 0 Å². The molecule has 0 spiro atoms. The fraction of sp³-hybridized carbons (Fsp3) is 0.667. The summed E-state index contributed by atoms with van der Waals surface area (Å²) in [5.41, 5.74) is 1.56. The van der Waals surface area contributed by atoms with E-state index in [4.69, 9.17) is 0 Å². The average molecular weight is 292 g/mol. The van der Waals surface area contributed by atoms with Crippen LogP contribution >= 0.6 is 0 Å². The van der Waals surface area contributed by atoms with Gasteiger partial charge in [-0.15, -0.1) is 5.10 Å². The normalized spacial score (nSPS) is 17.5. The molecule has 1 atom stereocenters. The van der Waals surface area contributed by atoms with Crippen molar-refractivity contribution in [2.24, 2.45) is 0 Å². The van der Waals surface area contributed by atoms with Gasteiger partial charge in [0.15, 0.2) is 5.82 Å². The lowest BCUT2D eigenvalue weighted by molar-refractivity contribution is 0.0696. The van der Waals surface area contributed by atoms with Crippen LogP contribution in [0.4, 0.5) is 5.82 Å². The maximum Gasteiger partial charge on any atom is 0.339 e. The van der Waals surface area contributed by atoms with Crippen molar-refractivity contribution >= 4 is 11.8 Å². The molecule has 116 valence electrons. The van der Waals surface area contributed by atoms with Crippen LogP contribution in [-0.2, 0) is 0 Å². The molecule has 0 aliphatic carbocycles. The summed E-state index contributed by atoms with van der Waals surface area (Å²) in [5, 5.41) is 20.6. The lowest BCUT2D eigenvalue weighted by Crippen LogP contribution is -2.41. The number of piperidine rings is 1. The van der Waals surface area contributed by atoms with Crippen molar-refractivity contribution in [3.8, 4) is 0 Å². The third-order valence-corrected chi connectivity index (χ3v) is 4.25. The largest absolute Gasteiger partial charge is 0.478 e. The summed E-state index contributed by atoms with van der Waals surface area (Å²) in [4.78, 5) is 13.9. The quantitative estimate of drug-likeness (QED) is 0.865. The number of aromatic nitrogens is 2. The second-order valence-electron chi connectivity index (χ2n) is 5.77. The van der Waals surface area contributed by atoms with E-state index in [1.54, 1.807) is 13.8 Å². The molecule has 6 heteroatoms. The molecule has 0 radical (unpaired) electrons. The van der Waals surface area contributed by atoms with Crippen LogP contribution in [0.15, 0.2) is 0 Å². The number of aryl methyl sites for hydroxylation is 1. The average Bonchev–Trinajstić information content (AvgIpc) is 2.48. The molecule has 1 aliphatic heterocycles. The number of anilines is 1. The van der Waals surface area contributed by atoms with Gasteiger partial charge in [0.05, 0.1) is 5.69 Å². The number of nitrogens with zero attached hydrogens (tertiary/aromatic N) is 3. The lowest BCUT2D eigenvalue weighted by Gasteiger charge is -2.32. The molecule has 21 heavy (non-hydrogen) atoms. The Morgan fingerprint density at radius 1 is 1.29 bits per heavy atom. The second kappa shape index (κ2) is 6.85. The van der Waals surface area contributed by atoms with E-state index in [1.165, 1.54) is 19.3 Å². The number of aromatic carboxylic acids is 1. The van der Waals surface area contributed by atoms with Crippen molar-refractivity contribution in [2.45, 2.75) is 46.1 Å². The summed E-state index contributed by atoms with van der Waals surface area (Å²) in [6, 6.07) is 0.357. The van der Waals surface area contributed by atoms with Gasteiger partial charge in [0.25, 0.3) is 0 Å². The number of likely N-dealkylation sites (tertiary alicyclic amines) is 1. The van der Waals surface area contributed by atoms with Crippen molar-refractivity contribution in [3.05, 3.63) is 16.8 Å². The van der Waals surface area contributed by atoms with Crippen LogP contribution < -0.4 is 5.32 Å². The Balaban J connectivity index is 2.05. The number of carboxylic acid groups (broad SMARTS) is 1.